The summed E-state index contributed by atoms with van der Waals surface area (Å²) >= 11 is 0. The van der Waals surface area contributed by atoms with Crippen LogP contribution in [0.2, 0.25) is 0 Å². The van der Waals surface area contributed by atoms with E-state index in [1.54, 1.807) is 63.1 Å². The molecule has 0 saturated heterocycles. The van der Waals surface area contributed by atoms with E-state index in [0.717, 1.165) is 24.0 Å². The molecular formula is C30H38N4O6. The molecular weight excluding hydrogens is 512 g/mol. The first-order valence-corrected chi connectivity index (χ1v) is 13.0. The summed E-state index contributed by atoms with van der Waals surface area (Å²) in [7, 11) is 3.11. The fourth-order valence-electron chi connectivity index (χ4n) is 3.46. The third kappa shape index (κ3) is 11.8. The zero-order chi connectivity index (χ0) is 29.0. The van der Waals surface area contributed by atoms with Crippen molar-refractivity contribution in [3.63, 3.8) is 0 Å². The Hall–Kier alpha value is -4.60. The predicted octanol–water partition coefficient (Wildman–Crippen LogP) is 4.77. The van der Waals surface area contributed by atoms with Gasteiger partial charge in [0.2, 0.25) is 11.8 Å². The van der Waals surface area contributed by atoms with Crippen molar-refractivity contribution in [2.24, 2.45) is 10.2 Å². The molecule has 0 heterocycles. The lowest BCUT2D eigenvalue weighted by Crippen LogP contribution is -2.17. The second-order valence-corrected chi connectivity index (χ2v) is 8.52. The Labute approximate surface area is 235 Å². The van der Waals surface area contributed by atoms with Gasteiger partial charge in [0.25, 0.3) is 0 Å². The third-order valence-corrected chi connectivity index (χ3v) is 5.45. The minimum absolute atomic E-state index is 0.168. The summed E-state index contributed by atoms with van der Waals surface area (Å²) in [4.78, 5) is 24.1. The Morgan fingerprint density at radius 1 is 0.700 bits per heavy atom. The van der Waals surface area contributed by atoms with E-state index in [9.17, 15) is 9.59 Å². The van der Waals surface area contributed by atoms with Crippen LogP contribution in [-0.2, 0) is 9.59 Å². The molecule has 0 aromatic heterocycles. The molecule has 0 fully saturated rings. The van der Waals surface area contributed by atoms with Crippen LogP contribution in [0.3, 0.4) is 0 Å². The number of methoxy groups -OCH3 is 2. The van der Waals surface area contributed by atoms with Crippen LogP contribution >= 0.6 is 0 Å². The van der Waals surface area contributed by atoms with E-state index >= 15 is 0 Å². The Balaban J connectivity index is 1.60. The monoisotopic (exact) mass is 550 g/mol. The molecule has 0 aliphatic heterocycles. The molecule has 0 saturated carbocycles. The van der Waals surface area contributed by atoms with Crippen LogP contribution in [0.1, 0.15) is 49.7 Å². The topological polar surface area (TPSA) is 120 Å². The van der Waals surface area contributed by atoms with Gasteiger partial charge >= 0.3 is 0 Å². The molecule has 2 amide bonds. The Morgan fingerprint density at radius 2 is 1.12 bits per heavy atom. The normalized spacial score (nSPS) is 10.8. The standard InChI is InChI=1S/C30H38N4O6/c1-5-17-39-25-15-13-23(19-27(25)37-3)21-31-33-29(35)11-9-7-8-10-12-30(36)34-32-22-24-14-16-26(40-18-6-2)28(20-24)38-4/h5-6,13-16,19-22H,1-2,7-12,17-18H2,3-4H3,(H,33,35)(H,34,36). The first-order chi connectivity index (χ1) is 19.5. The highest BCUT2D eigenvalue weighted by molar-refractivity contribution is 5.84. The number of unbranched alkanes of at least 4 members (excludes halogenated alkanes) is 3. The van der Waals surface area contributed by atoms with Gasteiger partial charge in [-0.25, -0.2) is 10.9 Å². The molecule has 0 aliphatic carbocycles. The number of nitrogens with one attached hydrogen (secondary N) is 2. The molecule has 10 heteroatoms. The van der Waals surface area contributed by atoms with E-state index in [1.165, 1.54) is 0 Å². The maximum absolute atomic E-state index is 12.0. The molecule has 0 bridgehead atoms. The van der Waals surface area contributed by atoms with Crippen LogP contribution in [-0.4, -0.2) is 51.7 Å². The van der Waals surface area contributed by atoms with Crippen LogP contribution in [0.5, 0.6) is 23.0 Å². The molecule has 2 aromatic rings. The molecule has 10 nitrogen and oxygen atoms in total. The smallest absolute Gasteiger partial charge is 0.240 e. The Bertz CT molecular complexity index is 1090. The van der Waals surface area contributed by atoms with Crippen molar-refractivity contribution in [1.29, 1.82) is 0 Å². The molecule has 214 valence electrons. The summed E-state index contributed by atoms with van der Waals surface area (Å²) in [6, 6.07) is 10.7. The molecule has 2 N–H and O–H groups in total. The predicted molar refractivity (Wildman–Crippen MR) is 157 cm³/mol. The molecule has 0 atom stereocenters. The minimum Gasteiger partial charge on any atom is -0.493 e. The summed E-state index contributed by atoms with van der Waals surface area (Å²) in [5, 5.41) is 8.01. The van der Waals surface area contributed by atoms with Crippen LogP contribution in [0.4, 0.5) is 0 Å². The van der Waals surface area contributed by atoms with Crippen molar-refractivity contribution in [3.8, 4) is 23.0 Å². The summed E-state index contributed by atoms with van der Waals surface area (Å²) < 4.78 is 21.7. The average Bonchev–Trinajstić information content (AvgIpc) is 2.97. The van der Waals surface area contributed by atoms with Crippen LogP contribution < -0.4 is 29.8 Å². The number of carbonyl (C=O) groups is 2. The number of rotatable bonds is 19. The molecule has 2 aromatic carbocycles. The van der Waals surface area contributed by atoms with Crippen molar-refractivity contribution < 1.29 is 28.5 Å². The number of hydrogen-bond donors (Lipinski definition) is 2. The minimum atomic E-state index is -0.168. The molecule has 0 spiro atoms. The van der Waals surface area contributed by atoms with Crippen molar-refractivity contribution >= 4 is 24.2 Å². The highest BCUT2D eigenvalue weighted by atomic mass is 16.5. The van der Waals surface area contributed by atoms with Crippen LogP contribution in [0.15, 0.2) is 71.9 Å². The van der Waals surface area contributed by atoms with Crippen molar-refractivity contribution in [2.75, 3.05) is 27.4 Å². The number of ether oxygens (including phenoxy) is 4. The number of carbonyl (C=O) groups excluding carboxylic acids is 2. The molecule has 0 unspecified atom stereocenters. The first-order valence-electron chi connectivity index (χ1n) is 13.0. The van der Waals surface area contributed by atoms with Gasteiger partial charge in [-0.2, -0.15) is 10.2 Å². The largest absolute Gasteiger partial charge is 0.493 e. The van der Waals surface area contributed by atoms with Gasteiger partial charge < -0.3 is 18.9 Å². The van der Waals surface area contributed by atoms with Gasteiger partial charge in [0.05, 0.1) is 26.6 Å². The number of hydrazone groups is 2. The molecule has 40 heavy (non-hydrogen) atoms. The lowest BCUT2D eigenvalue weighted by molar-refractivity contribution is -0.122. The van der Waals surface area contributed by atoms with E-state index in [0.29, 0.717) is 61.9 Å². The third-order valence-electron chi connectivity index (χ3n) is 5.45. The molecule has 0 radical (unpaired) electrons. The van der Waals surface area contributed by atoms with Crippen molar-refractivity contribution in [1.82, 2.24) is 10.9 Å². The average molecular weight is 551 g/mol. The van der Waals surface area contributed by atoms with E-state index in [-0.39, 0.29) is 11.8 Å². The molecule has 2 rings (SSSR count). The summed E-state index contributed by atoms with van der Waals surface area (Å²) in [6.45, 7) is 8.00. The van der Waals surface area contributed by atoms with E-state index in [4.69, 9.17) is 18.9 Å². The Morgan fingerprint density at radius 3 is 1.50 bits per heavy atom. The lowest BCUT2D eigenvalue weighted by Gasteiger charge is -2.09. The Kier molecular flexibility index (Phi) is 14.7. The first kappa shape index (κ1) is 31.6. The van der Waals surface area contributed by atoms with Gasteiger partial charge in [0.15, 0.2) is 23.0 Å². The summed E-state index contributed by atoms with van der Waals surface area (Å²) in [5.74, 6) is 2.01. The molecule has 0 aliphatic rings. The van der Waals surface area contributed by atoms with E-state index in [1.807, 2.05) is 12.1 Å². The van der Waals surface area contributed by atoms with Crippen LogP contribution in [0, 0.1) is 0 Å². The van der Waals surface area contributed by atoms with Gasteiger partial charge in [-0.15, -0.1) is 0 Å². The fraction of sp³-hybridized carbons (Fsp3) is 0.333. The SMILES string of the molecule is C=CCOc1ccc(C=NNC(=O)CCCCCCC(=O)NN=Cc2ccc(OCC=C)c(OC)c2)cc1OC. The van der Waals surface area contributed by atoms with Gasteiger partial charge in [-0.05, 0) is 60.4 Å². The second kappa shape index (κ2) is 18.6. The van der Waals surface area contributed by atoms with E-state index < -0.39 is 0 Å². The van der Waals surface area contributed by atoms with Gasteiger partial charge in [0, 0.05) is 12.8 Å². The van der Waals surface area contributed by atoms with Crippen molar-refractivity contribution in [2.45, 2.75) is 38.5 Å². The maximum atomic E-state index is 12.0. The van der Waals surface area contributed by atoms with Gasteiger partial charge in [0.1, 0.15) is 13.2 Å². The zero-order valence-electron chi connectivity index (χ0n) is 23.2. The maximum Gasteiger partial charge on any atom is 0.240 e. The van der Waals surface area contributed by atoms with E-state index in [2.05, 4.69) is 34.2 Å². The summed E-state index contributed by atoms with van der Waals surface area (Å²) in [6.07, 6.45) is 10.2. The number of hydrogen-bond acceptors (Lipinski definition) is 8. The van der Waals surface area contributed by atoms with Gasteiger partial charge in [-0.3, -0.25) is 9.59 Å². The number of benzene rings is 2. The number of nitrogens with zero attached hydrogens (tertiary/aromatic N) is 2. The highest BCUT2D eigenvalue weighted by Crippen LogP contribution is 2.28. The number of amides is 2. The second-order valence-electron chi connectivity index (χ2n) is 8.52. The zero-order valence-corrected chi connectivity index (χ0v) is 23.2. The fourth-order valence-corrected chi connectivity index (χ4v) is 3.46. The van der Waals surface area contributed by atoms with Crippen molar-refractivity contribution in [3.05, 3.63) is 72.8 Å². The van der Waals surface area contributed by atoms with Crippen LogP contribution in [0.25, 0.3) is 0 Å². The summed E-state index contributed by atoms with van der Waals surface area (Å²) in [5.41, 5.74) is 6.58. The quantitative estimate of drug-likeness (QED) is 0.113. The van der Waals surface area contributed by atoms with Gasteiger partial charge in [-0.1, -0.05) is 38.2 Å². The highest BCUT2D eigenvalue weighted by Gasteiger charge is 2.06. The lowest BCUT2D eigenvalue weighted by atomic mass is 10.1.